The molecule has 0 radical (unpaired) electrons. The lowest BCUT2D eigenvalue weighted by Gasteiger charge is -2.02. The summed E-state index contributed by atoms with van der Waals surface area (Å²) in [6.45, 7) is 0. The van der Waals surface area contributed by atoms with Crippen LogP contribution in [0.2, 0.25) is 0 Å². The van der Waals surface area contributed by atoms with Gasteiger partial charge < -0.3 is 10.5 Å². The number of carbonyl (C=O) groups excluding carboxylic acids is 1. The Morgan fingerprint density at radius 1 is 1.56 bits per heavy atom. The van der Waals surface area contributed by atoms with Gasteiger partial charge in [0.1, 0.15) is 12.4 Å². The molecule has 18 heavy (non-hydrogen) atoms. The van der Waals surface area contributed by atoms with E-state index in [0.29, 0.717) is 16.9 Å². The maximum absolute atomic E-state index is 11.2. The molecular weight excluding hydrogens is 234 g/mol. The molecule has 0 saturated heterocycles. The van der Waals surface area contributed by atoms with Crippen molar-refractivity contribution in [3.8, 4) is 11.8 Å². The van der Waals surface area contributed by atoms with Crippen molar-refractivity contribution in [3.05, 3.63) is 35.9 Å². The average molecular weight is 243 g/mol. The SMILES string of the molecule is COC(=O)c1ncn(-c2ccc(N)c(C#N)c2)n1. The summed E-state index contributed by atoms with van der Waals surface area (Å²) >= 11 is 0. The van der Waals surface area contributed by atoms with Gasteiger partial charge in [-0.3, -0.25) is 0 Å². The first kappa shape index (κ1) is 11.6. The number of nitriles is 1. The first-order valence-corrected chi connectivity index (χ1v) is 4.95. The Balaban J connectivity index is 2.41. The lowest BCUT2D eigenvalue weighted by atomic mass is 10.2. The summed E-state index contributed by atoms with van der Waals surface area (Å²) in [5.41, 5.74) is 6.92. The van der Waals surface area contributed by atoms with Crippen LogP contribution in [0.25, 0.3) is 5.69 Å². The number of aromatic nitrogens is 3. The molecule has 0 saturated carbocycles. The van der Waals surface area contributed by atoms with Crippen molar-refractivity contribution in [2.45, 2.75) is 0 Å². The minimum absolute atomic E-state index is 0.0483. The first-order valence-electron chi connectivity index (χ1n) is 4.95. The molecule has 7 nitrogen and oxygen atoms in total. The maximum atomic E-state index is 11.2. The third-order valence-corrected chi connectivity index (χ3v) is 2.28. The number of hydrogen-bond acceptors (Lipinski definition) is 6. The molecule has 1 aromatic heterocycles. The van der Waals surface area contributed by atoms with Crippen LogP contribution in [-0.4, -0.2) is 27.8 Å². The van der Waals surface area contributed by atoms with E-state index in [4.69, 9.17) is 11.0 Å². The highest BCUT2D eigenvalue weighted by Crippen LogP contribution is 2.15. The highest BCUT2D eigenvalue weighted by Gasteiger charge is 2.12. The number of carbonyl (C=O) groups is 1. The van der Waals surface area contributed by atoms with E-state index in [1.807, 2.05) is 6.07 Å². The van der Waals surface area contributed by atoms with Crippen molar-refractivity contribution in [1.29, 1.82) is 5.26 Å². The van der Waals surface area contributed by atoms with Gasteiger partial charge in [0.2, 0.25) is 0 Å². The number of methoxy groups -OCH3 is 1. The number of benzene rings is 1. The molecule has 0 unspecified atom stereocenters. The quantitative estimate of drug-likeness (QED) is 0.608. The second-order valence-corrected chi connectivity index (χ2v) is 3.39. The lowest BCUT2D eigenvalue weighted by molar-refractivity contribution is 0.0587. The molecule has 2 N–H and O–H groups in total. The van der Waals surface area contributed by atoms with Crippen LogP contribution in [0.4, 0.5) is 5.69 Å². The fourth-order valence-corrected chi connectivity index (χ4v) is 1.36. The van der Waals surface area contributed by atoms with Gasteiger partial charge in [-0.25, -0.2) is 14.5 Å². The normalized spacial score (nSPS) is 9.78. The fraction of sp³-hybridized carbons (Fsp3) is 0.0909. The zero-order chi connectivity index (χ0) is 13.1. The molecule has 2 rings (SSSR count). The smallest absolute Gasteiger partial charge is 0.377 e. The highest BCUT2D eigenvalue weighted by molar-refractivity contribution is 5.84. The number of esters is 1. The fourth-order valence-electron chi connectivity index (χ4n) is 1.36. The maximum Gasteiger partial charge on any atom is 0.377 e. The van der Waals surface area contributed by atoms with Crippen LogP contribution in [0.3, 0.4) is 0 Å². The molecule has 1 aromatic carbocycles. The summed E-state index contributed by atoms with van der Waals surface area (Å²) in [4.78, 5) is 15.0. The predicted molar refractivity (Wildman–Crippen MR) is 61.8 cm³/mol. The monoisotopic (exact) mass is 243 g/mol. The highest BCUT2D eigenvalue weighted by atomic mass is 16.5. The molecule has 90 valence electrons. The minimum atomic E-state index is -0.621. The summed E-state index contributed by atoms with van der Waals surface area (Å²) in [6, 6.07) is 6.79. The zero-order valence-electron chi connectivity index (χ0n) is 9.49. The van der Waals surface area contributed by atoms with E-state index in [9.17, 15) is 4.79 Å². The van der Waals surface area contributed by atoms with Crippen LogP contribution in [0.15, 0.2) is 24.5 Å². The Kier molecular flexibility index (Phi) is 2.93. The molecule has 2 aromatic rings. The van der Waals surface area contributed by atoms with Crippen molar-refractivity contribution in [2.24, 2.45) is 0 Å². The number of nitrogen functional groups attached to an aromatic ring is 1. The summed E-state index contributed by atoms with van der Waals surface area (Å²) < 4.78 is 5.87. The molecule has 7 heteroatoms. The van der Waals surface area contributed by atoms with Crippen LogP contribution in [-0.2, 0) is 4.74 Å². The van der Waals surface area contributed by atoms with E-state index in [0.717, 1.165) is 0 Å². The molecule has 0 atom stereocenters. The Morgan fingerprint density at radius 2 is 2.33 bits per heavy atom. The topological polar surface area (TPSA) is 107 Å². The Bertz CT molecular complexity index is 641. The van der Waals surface area contributed by atoms with Gasteiger partial charge in [-0.1, -0.05) is 0 Å². The minimum Gasteiger partial charge on any atom is -0.463 e. The summed E-state index contributed by atoms with van der Waals surface area (Å²) in [5, 5.41) is 12.8. The molecule has 0 spiro atoms. The van der Waals surface area contributed by atoms with Crippen LogP contribution in [0, 0.1) is 11.3 Å². The van der Waals surface area contributed by atoms with Crippen LogP contribution < -0.4 is 5.73 Å². The second kappa shape index (κ2) is 4.55. The van der Waals surface area contributed by atoms with E-state index in [-0.39, 0.29) is 5.82 Å². The van der Waals surface area contributed by atoms with Crippen molar-refractivity contribution in [3.63, 3.8) is 0 Å². The molecular formula is C11H9N5O2. The second-order valence-electron chi connectivity index (χ2n) is 3.39. The molecule has 0 bridgehead atoms. The lowest BCUT2D eigenvalue weighted by Crippen LogP contribution is -2.05. The van der Waals surface area contributed by atoms with Gasteiger partial charge in [0.15, 0.2) is 0 Å². The molecule has 0 amide bonds. The van der Waals surface area contributed by atoms with Gasteiger partial charge in [-0.05, 0) is 18.2 Å². The third kappa shape index (κ3) is 1.99. The summed E-state index contributed by atoms with van der Waals surface area (Å²) in [6.07, 6.45) is 1.36. The van der Waals surface area contributed by atoms with Gasteiger partial charge >= 0.3 is 5.97 Å². The van der Waals surface area contributed by atoms with Gasteiger partial charge in [0.05, 0.1) is 18.4 Å². The number of anilines is 1. The van der Waals surface area contributed by atoms with Crippen molar-refractivity contribution in [2.75, 3.05) is 12.8 Å². The van der Waals surface area contributed by atoms with Gasteiger partial charge in [-0.15, -0.1) is 5.10 Å². The number of rotatable bonds is 2. The Morgan fingerprint density at radius 3 is 3.00 bits per heavy atom. The summed E-state index contributed by atoms with van der Waals surface area (Å²) in [7, 11) is 1.25. The predicted octanol–water partition coefficient (Wildman–Crippen LogP) is 0.508. The van der Waals surface area contributed by atoms with Crippen molar-refractivity contribution in [1.82, 2.24) is 14.8 Å². The van der Waals surface area contributed by atoms with E-state index >= 15 is 0 Å². The van der Waals surface area contributed by atoms with E-state index in [2.05, 4.69) is 14.8 Å². The summed E-state index contributed by atoms with van der Waals surface area (Å²) in [5.74, 6) is -0.669. The number of ether oxygens (including phenoxy) is 1. The molecule has 0 aliphatic heterocycles. The van der Waals surface area contributed by atoms with Crippen LogP contribution in [0.5, 0.6) is 0 Å². The first-order chi connectivity index (χ1) is 8.65. The largest absolute Gasteiger partial charge is 0.463 e. The molecule has 1 heterocycles. The van der Waals surface area contributed by atoms with Crippen molar-refractivity contribution < 1.29 is 9.53 Å². The van der Waals surface area contributed by atoms with Gasteiger partial charge in [-0.2, -0.15) is 5.26 Å². The van der Waals surface area contributed by atoms with E-state index in [1.165, 1.54) is 18.1 Å². The van der Waals surface area contributed by atoms with E-state index in [1.54, 1.807) is 18.2 Å². The Labute approximate surface area is 102 Å². The van der Waals surface area contributed by atoms with Crippen molar-refractivity contribution >= 4 is 11.7 Å². The van der Waals surface area contributed by atoms with Gasteiger partial charge in [0, 0.05) is 5.69 Å². The molecule has 0 aliphatic carbocycles. The average Bonchev–Trinajstić information content (AvgIpc) is 2.88. The van der Waals surface area contributed by atoms with Crippen LogP contribution >= 0.6 is 0 Å². The molecule has 0 fully saturated rings. The third-order valence-electron chi connectivity index (χ3n) is 2.28. The number of nitrogens with two attached hydrogens (primary N) is 1. The van der Waals surface area contributed by atoms with E-state index < -0.39 is 5.97 Å². The van der Waals surface area contributed by atoms with Gasteiger partial charge in [0.25, 0.3) is 5.82 Å². The van der Waals surface area contributed by atoms with Crippen LogP contribution in [0.1, 0.15) is 16.2 Å². The Hall–Kier alpha value is -2.88. The number of hydrogen-bond donors (Lipinski definition) is 1. The molecule has 0 aliphatic rings. The number of nitrogens with zero attached hydrogens (tertiary/aromatic N) is 4. The standard InChI is InChI=1S/C11H9N5O2/c1-18-11(17)10-14-6-16(15-10)8-2-3-9(13)7(4-8)5-12/h2-4,6H,13H2,1H3. The zero-order valence-corrected chi connectivity index (χ0v) is 9.49.